The molecule has 0 spiro atoms. The Morgan fingerprint density at radius 3 is 2.41 bits per heavy atom. The van der Waals surface area contributed by atoms with Gasteiger partial charge in [0.2, 0.25) is 5.95 Å². The molecular formula is C20H26N6O2S. The number of nitrogens with zero attached hydrogens (tertiary/aromatic N) is 4. The normalized spacial score (nSPS) is 14.0. The van der Waals surface area contributed by atoms with Gasteiger partial charge in [0.15, 0.2) is 9.84 Å². The highest BCUT2D eigenvalue weighted by atomic mass is 32.2. The fraction of sp³-hybridized carbons (Fsp3) is 0.450. The van der Waals surface area contributed by atoms with Crippen molar-refractivity contribution in [2.24, 2.45) is 0 Å². The van der Waals surface area contributed by atoms with Gasteiger partial charge < -0.3 is 16.0 Å². The number of nitrogens with two attached hydrogens (primary N) is 1. The van der Waals surface area contributed by atoms with Crippen molar-refractivity contribution in [3.8, 4) is 6.07 Å². The van der Waals surface area contributed by atoms with Crippen LogP contribution in [-0.2, 0) is 9.84 Å². The lowest BCUT2D eigenvalue weighted by Crippen LogP contribution is -2.29. The Balaban J connectivity index is 1.73. The summed E-state index contributed by atoms with van der Waals surface area (Å²) in [6, 6.07) is 8.60. The Hall–Kier alpha value is -2.70. The summed E-state index contributed by atoms with van der Waals surface area (Å²) in [5.41, 5.74) is 7.59. The van der Waals surface area contributed by atoms with Crippen LogP contribution in [0.25, 0.3) is 0 Å². The molecule has 0 amide bonds. The quantitative estimate of drug-likeness (QED) is 0.641. The van der Waals surface area contributed by atoms with Crippen LogP contribution in [0.1, 0.15) is 43.9 Å². The number of aromatic nitrogens is 2. The highest BCUT2D eigenvalue weighted by molar-refractivity contribution is 7.91. The number of anilines is 3. The third kappa shape index (κ3) is 5.02. The molecule has 29 heavy (non-hydrogen) atoms. The van der Waals surface area contributed by atoms with Crippen molar-refractivity contribution in [1.29, 1.82) is 5.26 Å². The van der Waals surface area contributed by atoms with Crippen molar-refractivity contribution in [2.45, 2.75) is 37.5 Å². The first kappa shape index (κ1) is 21.0. The average molecular weight is 415 g/mol. The predicted molar refractivity (Wildman–Crippen MR) is 113 cm³/mol. The van der Waals surface area contributed by atoms with E-state index >= 15 is 0 Å². The van der Waals surface area contributed by atoms with E-state index in [4.69, 9.17) is 5.73 Å². The van der Waals surface area contributed by atoms with Crippen LogP contribution in [0.3, 0.4) is 0 Å². The molecule has 1 aliphatic carbocycles. The van der Waals surface area contributed by atoms with Gasteiger partial charge in [0.1, 0.15) is 17.5 Å². The minimum Gasteiger partial charge on any atom is -0.382 e. The summed E-state index contributed by atoms with van der Waals surface area (Å²) in [4.78, 5) is 11.0. The molecule has 1 aromatic carbocycles. The average Bonchev–Trinajstić information content (AvgIpc) is 3.54. The summed E-state index contributed by atoms with van der Waals surface area (Å²) >= 11 is 0. The zero-order valence-electron chi connectivity index (χ0n) is 16.7. The first-order valence-corrected chi connectivity index (χ1v) is 11.4. The topological polar surface area (TPSA) is 125 Å². The van der Waals surface area contributed by atoms with E-state index in [1.165, 1.54) is 0 Å². The Morgan fingerprint density at radius 1 is 1.21 bits per heavy atom. The molecular weight excluding hydrogens is 388 g/mol. The number of benzene rings is 1. The van der Waals surface area contributed by atoms with Crippen LogP contribution in [0.2, 0.25) is 0 Å². The van der Waals surface area contributed by atoms with Gasteiger partial charge in [-0.1, -0.05) is 13.8 Å². The molecule has 1 heterocycles. The minimum atomic E-state index is -3.35. The number of sulfone groups is 1. The second kappa shape index (κ2) is 8.76. The van der Waals surface area contributed by atoms with E-state index in [0.29, 0.717) is 29.4 Å². The zero-order valence-corrected chi connectivity index (χ0v) is 17.5. The van der Waals surface area contributed by atoms with Gasteiger partial charge in [-0.05, 0) is 50.2 Å². The lowest BCUT2D eigenvalue weighted by atomic mass is 10.1. The van der Waals surface area contributed by atoms with Crippen LogP contribution in [-0.4, -0.2) is 48.7 Å². The predicted octanol–water partition coefficient (Wildman–Crippen LogP) is 2.67. The number of rotatable bonds is 9. The van der Waals surface area contributed by atoms with Gasteiger partial charge in [-0.25, -0.2) is 13.4 Å². The van der Waals surface area contributed by atoms with Crippen LogP contribution in [0.4, 0.5) is 17.5 Å². The first-order chi connectivity index (χ1) is 13.9. The molecule has 1 aromatic heterocycles. The van der Waals surface area contributed by atoms with Crippen molar-refractivity contribution in [2.75, 3.05) is 36.4 Å². The SMILES string of the molecule is CCN(CC)CCS(=O)(=O)c1ccc(Nc2nc(N)c(C#N)c(C3CC3)n2)cc1. The molecule has 3 rings (SSSR count). The molecule has 0 aliphatic heterocycles. The van der Waals surface area contributed by atoms with E-state index in [0.717, 1.165) is 25.9 Å². The summed E-state index contributed by atoms with van der Waals surface area (Å²) in [5, 5.41) is 12.3. The van der Waals surface area contributed by atoms with Gasteiger partial charge in [-0.15, -0.1) is 0 Å². The molecule has 0 radical (unpaired) electrons. The largest absolute Gasteiger partial charge is 0.382 e. The zero-order chi connectivity index (χ0) is 21.0. The van der Waals surface area contributed by atoms with E-state index < -0.39 is 9.84 Å². The summed E-state index contributed by atoms with van der Waals surface area (Å²) < 4.78 is 25.1. The lowest BCUT2D eigenvalue weighted by molar-refractivity contribution is 0.321. The van der Waals surface area contributed by atoms with E-state index in [1.54, 1.807) is 24.3 Å². The molecule has 0 atom stereocenters. The van der Waals surface area contributed by atoms with E-state index in [9.17, 15) is 13.7 Å². The van der Waals surface area contributed by atoms with Gasteiger partial charge >= 0.3 is 0 Å². The van der Waals surface area contributed by atoms with Crippen molar-refractivity contribution < 1.29 is 8.42 Å². The summed E-state index contributed by atoms with van der Waals surface area (Å²) in [5.74, 6) is 0.804. The van der Waals surface area contributed by atoms with Crippen LogP contribution in [0, 0.1) is 11.3 Å². The smallest absolute Gasteiger partial charge is 0.229 e. The van der Waals surface area contributed by atoms with Gasteiger partial charge in [-0.2, -0.15) is 10.2 Å². The standard InChI is InChI=1S/C20H26N6O2S/c1-3-26(4-2)11-12-29(27,28)16-9-7-15(8-10-16)23-20-24-18(14-5-6-14)17(13-21)19(22)25-20/h7-10,14H,3-6,11-12H2,1-2H3,(H3,22,23,24,25). The molecule has 3 N–H and O–H groups in total. The third-order valence-corrected chi connectivity index (χ3v) is 6.79. The highest BCUT2D eigenvalue weighted by Crippen LogP contribution is 2.41. The van der Waals surface area contributed by atoms with Crippen LogP contribution in [0.15, 0.2) is 29.2 Å². The van der Waals surface area contributed by atoms with Gasteiger partial charge in [0.25, 0.3) is 0 Å². The van der Waals surface area contributed by atoms with Crippen molar-refractivity contribution in [3.63, 3.8) is 0 Å². The summed E-state index contributed by atoms with van der Waals surface area (Å²) in [6.45, 7) is 6.20. The monoisotopic (exact) mass is 414 g/mol. The number of hydrogen-bond acceptors (Lipinski definition) is 8. The Labute approximate surface area is 171 Å². The molecule has 0 bridgehead atoms. The number of nitrogen functional groups attached to an aromatic ring is 1. The Kier molecular flexibility index (Phi) is 6.35. The fourth-order valence-corrected chi connectivity index (χ4v) is 4.39. The fourth-order valence-electron chi connectivity index (χ4n) is 3.10. The molecule has 0 saturated heterocycles. The molecule has 154 valence electrons. The Morgan fingerprint density at radius 2 is 1.86 bits per heavy atom. The van der Waals surface area contributed by atoms with Crippen molar-refractivity contribution >= 4 is 27.3 Å². The number of nitriles is 1. The van der Waals surface area contributed by atoms with Gasteiger partial charge in [0, 0.05) is 18.2 Å². The van der Waals surface area contributed by atoms with Crippen LogP contribution < -0.4 is 11.1 Å². The second-order valence-electron chi connectivity index (χ2n) is 7.07. The maximum atomic E-state index is 12.6. The number of nitrogens with one attached hydrogen (secondary N) is 1. The van der Waals surface area contributed by atoms with Crippen molar-refractivity contribution in [1.82, 2.24) is 14.9 Å². The lowest BCUT2D eigenvalue weighted by Gasteiger charge is -2.17. The molecule has 1 fully saturated rings. The molecule has 1 aliphatic rings. The summed E-state index contributed by atoms with van der Waals surface area (Å²) in [6.07, 6.45) is 1.98. The molecule has 8 nitrogen and oxygen atoms in total. The van der Waals surface area contributed by atoms with E-state index in [-0.39, 0.29) is 22.4 Å². The highest BCUT2D eigenvalue weighted by Gasteiger charge is 2.30. The van der Waals surface area contributed by atoms with Gasteiger partial charge in [0.05, 0.1) is 16.3 Å². The van der Waals surface area contributed by atoms with Gasteiger partial charge in [-0.3, -0.25) is 0 Å². The van der Waals surface area contributed by atoms with Crippen LogP contribution in [0.5, 0.6) is 0 Å². The van der Waals surface area contributed by atoms with Crippen molar-refractivity contribution in [3.05, 3.63) is 35.5 Å². The minimum absolute atomic E-state index is 0.0848. The number of hydrogen-bond donors (Lipinski definition) is 2. The second-order valence-corrected chi connectivity index (χ2v) is 9.18. The molecule has 1 saturated carbocycles. The van der Waals surface area contributed by atoms with E-state index in [2.05, 4.69) is 26.3 Å². The maximum absolute atomic E-state index is 12.6. The molecule has 9 heteroatoms. The Bertz CT molecular complexity index is 1010. The molecule has 0 unspecified atom stereocenters. The summed E-state index contributed by atoms with van der Waals surface area (Å²) in [7, 11) is -3.35. The third-order valence-electron chi connectivity index (χ3n) is 5.08. The van der Waals surface area contributed by atoms with Crippen LogP contribution >= 0.6 is 0 Å². The molecule has 2 aromatic rings. The first-order valence-electron chi connectivity index (χ1n) is 9.77. The van der Waals surface area contributed by atoms with E-state index in [1.807, 2.05) is 13.8 Å². The maximum Gasteiger partial charge on any atom is 0.229 e.